The van der Waals surface area contributed by atoms with Gasteiger partial charge in [-0.1, -0.05) is 13.0 Å². The number of aliphatic hydroxyl groups is 1. The van der Waals surface area contributed by atoms with Gasteiger partial charge in [0.25, 0.3) is 5.56 Å². The number of rotatable bonds is 11. The lowest BCUT2D eigenvalue weighted by molar-refractivity contribution is -0.282. The molecule has 1 fully saturated rings. The number of halogens is 1. The molecule has 2 aromatic heterocycles. The Morgan fingerprint density at radius 1 is 0.985 bits per heavy atom. The normalized spacial score (nSPS) is 23.4. The standard InChI is InChI=1S/C46H47FN4O16/c1-7-46(59)28-13-32-36-26(16-51(32)41(55)27(28)18-61-44(46)57)35-30(10-9-25-19(2)29(47)14-31(49-36)34(25)35)50-45(58)62-17-23-8-11-33(24(12-23)15-48)66-43-40(65-22(5)54)38(64-21(4)53)37(63-20(3)52)39(67-43)42(56)60-6/h8,11-14,30,37-40,43,59H,7,9-10,15-18,48H2,1-6H3,(H,50,58)/t30-,37-,38-,39-,40+,43+,46-/m0/s1. The lowest BCUT2D eigenvalue weighted by atomic mass is 9.81. The summed E-state index contributed by atoms with van der Waals surface area (Å²) in [4.78, 5) is 94.8. The Kier molecular flexibility index (Phi) is 12.5. The third-order valence-corrected chi connectivity index (χ3v) is 12.5. The third kappa shape index (κ3) is 8.31. The molecule has 21 heteroatoms. The molecule has 4 aromatic rings. The molecule has 1 aliphatic carbocycles. The lowest BCUT2D eigenvalue weighted by Crippen LogP contribution is -2.64. The predicted octanol–water partition coefficient (Wildman–Crippen LogP) is 2.97. The summed E-state index contributed by atoms with van der Waals surface area (Å²) in [6.07, 6.45) is -8.21. The second kappa shape index (κ2) is 18.0. The van der Waals surface area contributed by atoms with Crippen molar-refractivity contribution in [3.63, 3.8) is 0 Å². The first-order chi connectivity index (χ1) is 31.9. The van der Waals surface area contributed by atoms with Crippen LogP contribution in [-0.2, 0) is 95.5 Å². The summed E-state index contributed by atoms with van der Waals surface area (Å²) in [5.41, 5.74) is 8.03. The monoisotopic (exact) mass is 930 g/mol. The molecule has 20 nitrogen and oxygen atoms in total. The highest BCUT2D eigenvalue weighted by molar-refractivity contribution is 5.93. The third-order valence-electron chi connectivity index (χ3n) is 12.5. The van der Waals surface area contributed by atoms with Gasteiger partial charge in [-0.15, -0.1) is 0 Å². The zero-order valence-electron chi connectivity index (χ0n) is 37.2. The Hall–Kier alpha value is -6.97. The van der Waals surface area contributed by atoms with E-state index in [1.54, 1.807) is 32.0 Å². The molecule has 0 saturated carbocycles. The van der Waals surface area contributed by atoms with Gasteiger partial charge in [0.15, 0.2) is 23.9 Å². The van der Waals surface area contributed by atoms with Gasteiger partial charge in [0.05, 0.1) is 42.2 Å². The van der Waals surface area contributed by atoms with E-state index in [0.29, 0.717) is 62.9 Å². The van der Waals surface area contributed by atoms with E-state index in [9.17, 15) is 38.7 Å². The molecule has 7 atom stereocenters. The van der Waals surface area contributed by atoms with Crippen molar-refractivity contribution in [2.45, 2.75) is 123 Å². The van der Waals surface area contributed by atoms with Crippen molar-refractivity contribution in [1.29, 1.82) is 0 Å². The Bertz CT molecular complexity index is 2830. The molecule has 4 N–H and O–H groups in total. The molecule has 1 amide bonds. The van der Waals surface area contributed by atoms with E-state index in [4.69, 9.17) is 48.6 Å². The minimum absolute atomic E-state index is 0.0426. The first-order valence-corrected chi connectivity index (χ1v) is 21.4. The molecule has 2 aromatic carbocycles. The highest BCUT2D eigenvalue weighted by Crippen LogP contribution is 2.46. The Morgan fingerprint density at radius 2 is 1.69 bits per heavy atom. The van der Waals surface area contributed by atoms with Crippen LogP contribution in [0.5, 0.6) is 5.75 Å². The summed E-state index contributed by atoms with van der Waals surface area (Å²) in [5, 5.41) is 15.0. The fourth-order valence-corrected chi connectivity index (χ4v) is 9.33. The van der Waals surface area contributed by atoms with Crippen LogP contribution in [0, 0.1) is 12.7 Å². The van der Waals surface area contributed by atoms with E-state index in [2.05, 4.69) is 5.32 Å². The van der Waals surface area contributed by atoms with Gasteiger partial charge in [0.2, 0.25) is 12.4 Å². The molecule has 0 unspecified atom stereocenters. The number of amides is 1. The maximum atomic E-state index is 15.4. The van der Waals surface area contributed by atoms with Crippen LogP contribution in [-0.4, -0.2) is 88.4 Å². The Balaban J connectivity index is 1.05. The number of hydrogen-bond donors (Lipinski definition) is 3. The number of fused-ring (bicyclic) bond motifs is 5. The van der Waals surface area contributed by atoms with Crippen molar-refractivity contribution in [1.82, 2.24) is 14.9 Å². The number of esters is 5. The fourth-order valence-electron chi connectivity index (χ4n) is 9.33. The second-order valence-electron chi connectivity index (χ2n) is 16.6. The molecule has 4 aliphatic rings. The van der Waals surface area contributed by atoms with Crippen molar-refractivity contribution in [3.05, 3.63) is 91.0 Å². The SMILES string of the molecule is CC[C@@]1(O)C(=O)OCc2c1cc1n(c2=O)Cc2c-1nc1cc(F)c(C)c3c1c2[C@@H](NC(=O)OCc1ccc(O[C@@H]2O[C@H](C(=O)OC)[C@@H](OC(C)=O)[C@H](OC(C)=O)[C@H]2OC(C)=O)c(CN)c1)CC3. The molecular weight excluding hydrogens is 884 g/mol. The van der Waals surface area contributed by atoms with Gasteiger partial charge in [-0.25, -0.2) is 23.8 Å². The van der Waals surface area contributed by atoms with Crippen LogP contribution in [0.1, 0.15) is 91.1 Å². The maximum Gasteiger partial charge on any atom is 0.407 e. The summed E-state index contributed by atoms with van der Waals surface area (Å²) in [6, 6.07) is 6.80. The van der Waals surface area contributed by atoms with Crippen LogP contribution in [0.25, 0.3) is 22.3 Å². The molecule has 354 valence electrons. The molecule has 1 saturated heterocycles. The Morgan fingerprint density at radius 3 is 2.36 bits per heavy atom. The zero-order chi connectivity index (χ0) is 48.2. The number of nitrogens with two attached hydrogens (primary N) is 1. The number of alkyl carbamates (subject to hydrolysis) is 1. The number of cyclic esters (lactones) is 1. The summed E-state index contributed by atoms with van der Waals surface area (Å²) in [5.74, 6) is -4.84. The number of carbonyl (C=O) groups is 6. The van der Waals surface area contributed by atoms with Gasteiger partial charge in [-0.05, 0) is 66.6 Å². The van der Waals surface area contributed by atoms with Gasteiger partial charge in [-0.2, -0.15) is 0 Å². The maximum absolute atomic E-state index is 15.4. The number of nitrogens with one attached hydrogen (secondary N) is 1. The summed E-state index contributed by atoms with van der Waals surface area (Å²) in [6.45, 7) is 5.80. The largest absolute Gasteiger partial charge is 0.467 e. The van der Waals surface area contributed by atoms with Crippen LogP contribution in [0.15, 0.2) is 35.1 Å². The van der Waals surface area contributed by atoms with E-state index >= 15 is 4.39 Å². The number of carbonyl (C=O) groups excluding carboxylic acids is 6. The number of methoxy groups -OCH3 is 1. The van der Waals surface area contributed by atoms with Crippen molar-refractivity contribution < 1.29 is 76.2 Å². The van der Waals surface area contributed by atoms with Gasteiger partial charge in [-0.3, -0.25) is 19.2 Å². The van der Waals surface area contributed by atoms with E-state index in [-0.39, 0.29) is 49.6 Å². The molecule has 0 spiro atoms. The second-order valence-corrected chi connectivity index (χ2v) is 16.6. The quantitative estimate of drug-likeness (QED) is 0.127. The average molecular weight is 931 g/mol. The number of aromatic nitrogens is 2. The van der Waals surface area contributed by atoms with E-state index in [1.807, 2.05) is 0 Å². The number of aryl methyl sites for hydroxylation is 1. The predicted molar refractivity (Wildman–Crippen MR) is 226 cm³/mol. The first kappa shape index (κ1) is 46.6. The van der Waals surface area contributed by atoms with Crippen molar-refractivity contribution >= 4 is 46.8 Å². The molecule has 5 heterocycles. The lowest BCUT2D eigenvalue weighted by Gasteiger charge is -2.43. The number of nitrogens with zero attached hydrogens (tertiary/aromatic N) is 2. The number of hydrogen-bond acceptors (Lipinski definition) is 18. The van der Waals surface area contributed by atoms with Crippen LogP contribution < -0.4 is 21.3 Å². The zero-order valence-corrected chi connectivity index (χ0v) is 37.2. The molecule has 0 radical (unpaired) electrons. The average Bonchev–Trinajstić information content (AvgIpc) is 3.66. The highest BCUT2D eigenvalue weighted by Gasteiger charge is 2.56. The van der Waals surface area contributed by atoms with E-state index in [0.717, 1.165) is 33.4 Å². The minimum atomic E-state index is -2.06. The summed E-state index contributed by atoms with van der Waals surface area (Å²) in [7, 11) is 1.06. The Labute approximate surface area is 380 Å². The van der Waals surface area contributed by atoms with E-state index in [1.165, 1.54) is 16.7 Å². The molecule has 8 rings (SSSR count). The van der Waals surface area contributed by atoms with Crippen molar-refractivity contribution in [2.75, 3.05) is 7.11 Å². The first-order valence-electron chi connectivity index (χ1n) is 21.4. The van der Waals surface area contributed by atoms with Gasteiger partial charge in [0.1, 0.15) is 24.8 Å². The van der Waals surface area contributed by atoms with Crippen LogP contribution in [0.4, 0.5) is 9.18 Å². The topological polar surface area (TPSA) is 269 Å². The minimum Gasteiger partial charge on any atom is -0.467 e. The van der Waals surface area contributed by atoms with Crippen molar-refractivity contribution in [2.24, 2.45) is 5.73 Å². The van der Waals surface area contributed by atoms with Crippen LogP contribution >= 0.6 is 0 Å². The summed E-state index contributed by atoms with van der Waals surface area (Å²) < 4.78 is 60.9. The van der Waals surface area contributed by atoms with Crippen LogP contribution in [0.2, 0.25) is 0 Å². The van der Waals surface area contributed by atoms with E-state index < -0.39 is 89.7 Å². The number of pyridine rings is 2. The molecule has 67 heavy (non-hydrogen) atoms. The fraction of sp³-hybridized carbons (Fsp3) is 0.435. The van der Waals surface area contributed by atoms with Crippen LogP contribution in [0.3, 0.4) is 0 Å². The molecule has 0 bridgehead atoms. The van der Waals surface area contributed by atoms with Crippen molar-refractivity contribution in [3.8, 4) is 17.1 Å². The number of benzene rings is 2. The van der Waals surface area contributed by atoms with Gasteiger partial charge < -0.3 is 58.6 Å². The van der Waals surface area contributed by atoms with Gasteiger partial charge in [0, 0.05) is 55.5 Å². The summed E-state index contributed by atoms with van der Waals surface area (Å²) >= 11 is 0. The smallest absolute Gasteiger partial charge is 0.407 e. The molecule has 3 aliphatic heterocycles. The number of ether oxygens (including phenoxy) is 8. The van der Waals surface area contributed by atoms with Gasteiger partial charge >= 0.3 is 35.9 Å². The highest BCUT2D eigenvalue weighted by atomic mass is 19.1. The molecular formula is C46H47FN4O16.